The zero-order valence-electron chi connectivity index (χ0n) is 14.4. The van der Waals surface area contributed by atoms with E-state index in [1.165, 1.54) is 28.8 Å². The van der Waals surface area contributed by atoms with Gasteiger partial charge in [-0.15, -0.1) is 0 Å². The second kappa shape index (κ2) is 8.16. The molecule has 2 aliphatic carbocycles. The maximum atomic E-state index is 4.01. The first-order chi connectivity index (χ1) is 11.1. The summed E-state index contributed by atoms with van der Waals surface area (Å²) < 4.78 is 4.39. The van der Waals surface area contributed by atoms with Gasteiger partial charge in [-0.05, 0) is 0 Å². The summed E-state index contributed by atoms with van der Waals surface area (Å²) in [4.78, 5) is 0. The van der Waals surface area contributed by atoms with E-state index in [1.54, 1.807) is 14.4 Å². The third-order valence-electron chi connectivity index (χ3n) is 5.04. The summed E-state index contributed by atoms with van der Waals surface area (Å²) in [5, 5.41) is 8.01. The van der Waals surface area contributed by atoms with Gasteiger partial charge in [0.2, 0.25) is 0 Å². The van der Waals surface area contributed by atoms with Gasteiger partial charge < -0.3 is 24.8 Å². The molecule has 1 aromatic heterocycles. The van der Waals surface area contributed by atoms with E-state index < -0.39 is 23.2 Å². The summed E-state index contributed by atoms with van der Waals surface area (Å²) in [6, 6.07) is 8.82. The van der Waals surface area contributed by atoms with Crippen LogP contribution in [0.15, 0.2) is 56.9 Å². The van der Waals surface area contributed by atoms with Crippen molar-refractivity contribution in [3.05, 3.63) is 68.0 Å². The van der Waals surface area contributed by atoms with Crippen molar-refractivity contribution in [2.75, 3.05) is 0 Å². The van der Waals surface area contributed by atoms with Crippen LogP contribution in [0.25, 0.3) is 11.8 Å². The molecular formula is C19H19Cl2N3Zr. The van der Waals surface area contributed by atoms with Gasteiger partial charge in [-0.25, -0.2) is 0 Å². The smallest absolute Gasteiger partial charge is 1.00 e. The van der Waals surface area contributed by atoms with Crippen LogP contribution in [0.3, 0.4) is 0 Å². The van der Waals surface area contributed by atoms with E-state index in [2.05, 4.69) is 65.9 Å². The molecule has 2 aromatic rings. The third-order valence-corrected chi connectivity index (χ3v) is 9.45. The fraction of sp³-hybridized carbons (Fsp3) is 0.263. The van der Waals surface area contributed by atoms with Crippen molar-refractivity contribution in [3.8, 4) is 0 Å². The number of halogens is 2. The zero-order chi connectivity index (χ0) is 16.0. The monoisotopic (exact) mass is 449 g/mol. The molecule has 6 heteroatoms. The van der Waals surface area contributed by atoms with E-state index in [0.29, 0.717) is 3.63 Å². The molecule has 0 saturated heterocycles. The van der Waals surface area contributed by atoms with Crippen LogP contribution in [0.1, 0.15) is 41.9 Å². The maximum absolute atomic E-state index is 4.01. The van der Waals surface area contributed by atoms with Crippen LogP contribution in [0.2, 0.25) is 0 Å². The third kappa shape index (κ3) is 3.63. The number of allylic oxidation sites excluding steroid dienone is 5. The fourth-order valence-electron chi connectivity index (χ4n) is 3.43. The molecule has 1 heterocycles. The fourth-order valence-corrected chi connectivity index (χ4v) is 8.14. The first-order valence-corrected chi connectivity index (χ1v) is 10.6. The summed E-state index contributed by atoms with van der Waals surface area (Å²) in [7, 11) is 0. The topological polar surface area (TPSA) is 30.7 Å². The van der Waals surface area contributed by atoms with Crippen molar-refractivity contribution in [3.63, 3.8) is 0 Å². The summed E-state index contributed by atoms with van der Waals surface area (Å²) in [5.74, 6) is 0. The number of aromatic nitrogens is 3. The molecule has 0 aliphatic heterocycles. The largest absolute Gasteiger partial charge is 1.00 e. The van der Waals surface area contributed by atoms with Gasteiger partial charge in [0.05, 0.1) is 0 Å². The molecule has 0 fully saturated rings. The number of hydrogen-bond donors (Lipinski definition) is 0. The van der Waals surface area contributed by atoms with Gasteiger partial charge in [0.1, 0.15) is 0 Å². The quantitative estimate of drug-likeness (QED) is 0.565. The zero-order valence-corrected chi connectivity index (χ0v) is 18.4. The summed E-state index contributed by atoms with van der Waals surface area (Å²) in [6.07, 6.45) is 7.17. The Kier molecular flexibility index (Phi) is 6.64. The molecule has 128 valence electrons. The summed E-state index contributed by atoms with van der Waals surface area (Å²) in [6.45, 7) is 6.87. The van der Waals surface area contributed by atoms with Gasteiger partial charge in [-0.2, -0.15) is 0 Å². The number of rotatable bonds is 3. The predicted octanol–water partition coefficient (Wildman–Crippen LogP) is -1.56. The standard InChI is InChI=1S/C11H8N3.C8H11.2ClH.Zr/c1-2-4-10-6-11(5-9(10)3-1)14-7-12-13-8-14;1-6-4-5-7(2)8(6)3;;;/h1-8H;4H2,1-3H3;2*1H;/q;;;;+2/p-2. The van der Waals surface area contributed by atoms with E-state index in [1.807, 2.05) is 12.7 Å². The minimum absolute atomic E-state index is 0. The molecule has 1 aromatic carbocycles. The Bertz CT molecular complexity index is 867. The van der Waals surface area contributed by atoms with Crippen molar-refractivity contribution in [1.82, 2.24) is 14.8 Å². The average Bonchev–Trinajstić information content (AvgIpc) is 3.25. The molecule has 0 radical (unpaired) electrons. The van der Waals surface area contributed by atoms with Crippen LogP contribution in [0.5, 0.6) is 0 Å². The Morgan fingerprint density at radius 3 is 2.32 bits per heavy atom. The van der Waals surface area contributed by atoms with Crippen molar-refractivity contribution >= 4 is 11.8 Å². The van der Waals surface area contributed by atoms with Gasteiger partial charge in [-0.1, -0.05) is 0 Å². The molecule has 0 spiro atoms. The molecule has 0 amide bonds. The molecule has 0 saturated carbocycles. The maximum Gasteiger partial charge on any atom is -1.00 e. The van der Waals surface area contributed by atoms with Crippen molar-refractivity contribution < 1.29 is 48.0 Å². The van der Waals surface area contributed by atoms with E-state index in [4.69, 9.17) is 0 Å². The van der Waals surface area contributed by atoms with E-state index in [9.17, 15) is 0 Å². The molecule has 1 unspecified atom stereocenters. The van der Waals surface area contributed by atoms with Crippen LogP contribution >= 0.6 is 0 Å². The molecule has 25 heavy (non-hydrogen) atoms. The first-order valence-electron chi connectivity index (χ1n) is 7.93. The Balaban J connectivity index is 0.00000113. The van der Waals surface area contributed by atoms with Crippen molar-refractivity contribution in [1.29, 1.82) is 0 Å². The Morgan fingerprint density at radius 1 is 1.00 bits per heavy atom. The number of fused-ring (bicyclic) bond motifs is 1. The van der Waals surface area contributed by atoms with E-state index in [-0.39, 0.29) is 24.8 Å². The van der Waals surface area contributed by atoms with Crippen LogP contribution < -0.4 is 24.8 Å². The number of hydrogen-bond acceptors (Lipinski definition) is 2. The second-order valence-electron chi connectivity index (χ2n) is 6.33. The Morgan fingerprint density at radius 2 is 1.68 bits per heavy atom. The van der Waals surface area contributed by atoms with E-state index in [0.717, 1.165) is 0 Å². The van der Waals surface area contributed by atoms with Crippen molar-refractivity contribution in [2.45, 2.75) is 30.8 Å². The average molecular weight is 452 g/mol. The molecule has 0 N–H and O–H groups in total. The number of nitrogens with zero attached hydrogens (tertiary/aromatic N) is 3. The van der Waals surface area contributed by atoms with Gasteiger partial charge in [0.15, 0.2) is 0 Å². The Hall–Kier alpha value is -0.957. The predicted molar refractivity (Wildman–Crippen MR) is 89.1 cm³/mol. The SMILES string of the molecule is CC1=C(C)C(C)=[C]([Zr+2][CH]2C(n3cnnc3)=Cc3ccccc32)C1.[Cl-].[Cl-]. The molecule has 0 bridgehead atoms. The van der Waals surface area contributed by atoms with Crippen LogP contribution in [-0.4, -0.2) is 14.8 Å². The Labute approximate surface area is 172 Å². The summed E-state index contributed by atoms with van der Waals surface area (Å²) >= 11 is -0.769. The molecule has 2 aliphatic rings. The minimum atomic E-state index is -0.769. The van der Waals surface area contributed by atoms with E-state index >= 15 is 0 Å². The molecule has 4 rings (SSSR count). The van der Waals surface area contributed by atoms with Crippen LogP contribution in [-0.2, 0) is 23.2 Å². The first kappa shape index (κ1) is 20.4. The molecule has 3 nitrogen and oxygen atoms in total. The second-order valence-corrected chi connectivity index (χ2v) is 9.94. The summed E-state index contributed by atoms with van der Waals surface area (Å²) in [5.41, 5.74) is 8.83. The number of benzene rings is 1. The minimum Gasteiger partial charge on any atom is -1.00 e. The normalized spacial score (nSPS) is 18.4. The molecule has 1 atom stereocenters. The van der Waals surface area contributed by atoms with Gasteiger partial charge in [-0.3, -0.25) is 0 Å². The van der Waals surface area contributed by atoms with Gasteiger partial charge >= 0.3 is 149 Å². The van der Waals surface area contributed by atoms with Crippen LogP contribution in [0.4, 0.5) is 0 Å². The van der Waals surface area contributed by atoms with Gasteiger partial charge in [0.25, 0.3) is 0 Å². The van der Waals surface area contributed by atoms with Crippen molar-refractivity contribution in [2.24, 2.45) is 0 Å². The molecular weight excluding hydrogens is 432 g/mol. The van der Waals surface area contributed by atoms with Gasteiger partial charge in [0, 0.05) is 0 Å². The van der Waals surface area contributed by atoms with Crippen LogP contribution in [0, 0.1) is 0 Å².